The number of benzene rings is 3. The molecule has 1 heterocycles. The summed E-state index contributed by atoms with van der Waals surface area (Å²) < 4.78 is 28.9. The molecule has 0 N–H and O–H groups in total. The molecule has 0 spiro atoms. The number of hydrogen-bond donors (Lipinski definition) is 0. The van der Waals surface area contributed by atoms with Crippen molar-refractivity contribution in [3.63, 3.8) is 0 Å². The number of hydrogen-bond acceptors (Lipinski definition) is 4. The zero-order valence-electron chi connectivity index (χ0n) is 19.3. The Morgan fingerprint density at radius 2 is 1.52 bits per heavy atom. The highest BCUT2D eigenvalue weighted by Crippen LogP contribution is 2.39. The summed E-state index contributed by atoms with van der Waals surface area (Å²) >= 11 is 0. The second-order valence-electron chi connectivity index (χ2n) is 8.67. The minimum Gasteiger partial charge on any atom is -0.378 e. The maximum Gasteiger partial charge on any atom is 0.255 e. The molecular weight excluding hydrogens is 434 g/mol. The highest BCUT2D eigenvalue weighted by Gasteiger charge is 2.47. The third-order valence-corrected chi connectivity index (χ3v) is 7.88. The first-order valence-corrected chi connectivity index (χ1v) is 12.4. The summed E-state index contributed by atoms with van der Waals surface area (Å²) in [6.45, 7) is 4.03. The Bertz CT molecular complexity index is 1220. The van der Waals surface area contributed by atoms with Gasteiger partial charge in [0.15, 0.2) is 0 Å². The molecule has 0 aliphatic carbocycles. The lowest BCUT2D eigenvalue weighted by molar-refractivity contribution is 0.0640. The van der Waals surface area contributed by atoms with Crippen LogP contribution in [0.5, 0.6) is 0 Å². The number of nitrogens with zero attached hydrogens (tertiary/aromatic N) is 3. The van der Waals surface area contributed by atoms with Crippen molar-refractivity contribution in [1.82, 2.24) is 9.21 Å². The third kappa shape index (κ3) is 4.38. The van der Waals surface area contributed by atoms with E-state index in [0.29, 0.717) is 5.56 Å². The van der Waals surface area contributed by atoms with Gasteiger partial charge in [-0.2, -0.15) is 4.31 Å². The third-order valence-electron chi connectivity index (χ3n) is 6.05. The molecule has 3 aromatic rings. The molecule has 1 fully saturated rings. The van der Waals surface area contributed by atoms with Crippen LogP contribution in [0, 0.1) is 6.92 Å². The Hall–Kier alpha value is -3.16. The first-order chi connectivity index (χ1) is 15.7. The number of carbonyl (C=O) groups is 1. The fourth-order valence-corrected chi connectivity index (χ4v) is 5.86. The highest BCUT2D eigenvalue weighted by molar-refractivity contribution is 7.89. The Kier molecular flexibility index (Phi) is 6.28. The number of aryl methyl sites for hydroxylation is 1. The minimum absolute atomic E-state index is 0.189. The van der Waals surface area contributed by atoms with E-state index in [9.17, 15) is 13.2 Å². The molecule has 1 saturated heterocycles. The average Bonchev–Trinajstić information content (AvgIpc) is 3.17. The molecule has 172 valence electrons. The van der Waals surface area contributed by atoms with E-state index in [-0.39, 0.29) is 23.4 Å². The fraction of sp³-hybridized carbons (Fsp3) is 0.269. The highest BCUT2D eigenvalue weighted by atomic mass is 32.2. The van der Waals surface area contributed by atoms with Crippen molar-refractivity contribution >= 4 is 21.6 Å². The van der Waals surface area contributed by atoms with Gasteiger partial charge in [0.1, 0.15) is 6.17 Å². The molecule has 0 radical (unpaired) electrons. The van der Waals surface area contributed by atoms with E-state index in [0.717, 1.165) is 16.8 Å². The number of anilines is 1. The molecule has 0 bridgehead atoms. The zero-order chi connectivity index (χ0) is 23.8. The molecule has 0 saturated carbocycles. The van der Waals surface area contributed by atoms with Crippen molar-refractivity contribution in [3.8, 4) is 0 Å². The van der Waals surface area contributed by atoms with Gasteiger partial charge in [-0.1, -0.05) is 48.0 Å². The lowest BCUT2D eigenvalue weighted by Gasteiger charge is -2.32. The molecule has 6 nitrogen and oxygen atoms in total. The van der Waals surface area contributed by atoms with Gasteiger partial charge in [0.25, 0.3) is 5.91 Å². The molecule has 0 unspecified atom stereocenters. The standard InChI is InChI=1S/C26H29N3O3S/c1-19-10-16-24(17-11-19)33(31,32)28-18-20(2)29(26(30)22-8-6-5-7-9-22)25(28)21-12-14-23(15-13-21)27(3)4/h5-17,20,25H,18H2,1-4H3/t20-,25+/m1/s1. The van der Waals surface area contributed by atoms with Gasteiger partial charge in [-0.05, 0) is 55.8 Å². The van der Waals surface area contributed by atoms with Crippen LogP contribution in [-0.2, 0) is 10.0 Å². The SMILES string of the molecule is Cc1ccc(S(=O)(=O)N2C[C@@H](C)N(C(=O)c3ccccc3)[C@H]2c2ccc(N(C)C)cc2)cc1. The zero-order valence-corrected chi connectivity index (χ0v) is 20.2. The van der Waals surface area contributed by atoms with Crippen molar-refractivity contribution in [2.45, 2.75) is 31.0 Å². The predicted molar refractivity (Wildman–Crippen MR) is 131 cm³/mol. The van der Waals surface area contributed by atoms with Crippen LogP contribution < -0.4 is 4.90 Å². The van der Waals surface area contributed by atoms with Crippen LogP contribution in [0.3, 0.4) is 0 Å². The Morgan fingerprint density at radius 3 is 2.09 bits per heavy atom. The number of amides is 1. The minimum atomic E-state index is -3.83. The normalized spacial score (nSPS) is 19.0. The first kappa shape index (κ1) is 23.0. The van der Waals surface area contributed by atoms with Gasteiger partial charge >= 0.3 is 0 Å². The topological polar surface area (TPSA) is 60.9 Å². The van der Waals surface area contributed by atoms with E-state index in [4.69, 9.17) is 0 Å². The summed E-state index contributed by atoms with van der Waals surface area (Å²) in [6, 6.07) is 23.3. The molecule has 7 heteroatoms. The van der Waals surface area contributed by atoms with Crippen LogP contribution in [0.4, 0.5) is 5.69 Å². The summed E-state index contributed by atoms with van der Waals surface area (Å²) in [5.74, 6) is -0.189. The number of rotatable bonds is 5. The Balaban J connectivity index is 1.81. The van der Waals surface area contributed by atoms with Crippen LogP contribution in [0.15, 0.2) is 83.8 Å². The number of sulfonamides is 1. The van der Waals surface area contributed by atoms with Crippen molar-refractivity contribution in [2.24, 2.45) is 0 Å². The van der Waals surface area contributed by atoms with Crippen molar-refractivity contribution in [3.05, 3.63) is 95.6 Å². The van der Waals surface area contributed by atoms with Crippen LogP contribution in [0.25, 0.3) is 0 Å². The summed E-state index contributed by atoms with van der Waals surface area (Å²) in [4.78, 5) is 17.5. The van der Waals surface area contributed by atoms with Gasteiger partial charge in [0.2, 0.25) is 10.0 Å². The van der Waals surface area contributed by atoms with Gasteiger partial charge in [-0.15, -0.1) is 0 Å². The van der Waals surface area contributed by atoms with E-state index < -0.39 is 16.2 Å². The summed E-state index contributed by atoms with van der Waals surface area (Å²) in [5, 5.41) is 0. The molecule has 1 amide bonds. The maximum absolute atomic E-state index is 13.7. The predicted octanol–water partition coefficient (Wildman–Crippen LogP) is 4.30. The van der Waals surface area contributed by atoms with Crippen LogP contribution in [-0.4, -0.2) is 50.2 Å². The average molecular weight is 464 g/mol. The molecule has 0 aromatic heterocycles. The number of carbonyl (C=O) groups excluding carboxylic acids is 1. The summed E-state index contributed by atoms with van der Waals surface area (Å²) in [5.41, 5.74) is 3.28. The van der Waals surface area contributed by atoms with Gasteiger partial charge in [-0.25, -0.2) is 8.42 Å². The summed E-state index contributed by atoms with van der Waals surface area (Å²) in [7, 11) is 0.0691. The van der Waals surface area contributed by atoms with Crippen LogP contribution >= 0.6 is 0 Å². The Labute approximate surface area is 196 Å². The van der Waals surface area contributed by atoms with E-state index in [1.807, 2.05) is 75.3 Å². The van der Waals surface area contributed by atoms with Crippen molar-refractivity contribution < 1.29 is 13.2 Å². The Morgan fingerprint density at radius 1 is 0.909 bits per heavy atom. The van der Waals surface area contributed by atoms with Gasteiger partial charge < -0.3 is 9.80 Å². The smallest absolute Gasteiger partial charge is 0.255 e. The molecular formula is C26H29N3O3S. The van der Waals surface area contributed by atoms with Crippen LogP contribution in [0.2, 0.25) is 0 Å². The monoisotopic (exact) mass is 463 g/mol. The largest absolute Gasteiger partial charge is 0.378 e. The molecule has 3 aromatic carbocycles. The van der Waals surface area contributed by atoms with Crippen molar-refractivity contribution in [1.29, 1.82) is 0 Å². The van der Waals surface area contributed by atoms with E-state index in [1.54, 1.807) is 41.3 Å². The first-order valence-electron chi connectivity index (χ1n) is 10.9. The summed E-state index contributed by atoms with van der Waals surface area (Å²) in [6.07, 6.45) is -0.741. The molecule has 2 atom stereocenters. The lowest BCUT2D eigenvalue weighted by Crippen LogP contribution is -2.39. The lowest BCUT2D eigenvalue weighted by atomic mass is 10.1. The molecule has 4 rings (SSSR count). The quantitative estimate of drug-likeness (QED) is 0.566. The molecule has 33 heavy (non-hydrogen) atoms. The van der Waals surface area contributed by atoms with Gasteiger partial charge in [0.05, 0.1) is 4.90 Å². The fourth-order valence-electron chi connectivity index (χ4n) is 4.22. The molecule has 1 aliphatic rings. The second-order valence-corrected chi connectivity index (χ2v) is 10.6. The van der Waals surface area contributed by atoms with Gasteiger partial charge in [0, 0.05) is 37.9 Å². The van der Waals surface area contributed by atoms with E-state index in [1.165, 1.54) is 4.31 Å². The van der Waals surface area contributed by atoms with Crippen molar-refractivity contribution in [2.75, 3.05) is 25.5 Å². The second kappa shape index (κ2) is 9.00. The van der Waals surface area contributed by atoms with Crippen LogP contribution in [0.1, 0.15) is 34.6 Å². The molecule has 1 aliphatic heterocycles. The van der Waals surface area contributed by atoms with Gasteiger partial charge in [-0.3, -0.25) is 4.79 Å². The van der Waals surface area contributed by atoms with E-state index in [2.05, 4.69) is 0 Å². The van der Waals surface area contributed by atoms with E-state index >= 15 is 0 Å². The maximum atomic E-state index is 13.7.